The highest BCUT2D eigenvalue weighted by molar-refractivity contribution is 6.32. The van der Waals surface area contributed by atoms with Gasteiger partial charge in [-0.05, 0) is 48.6 Å². The number of pyridine rings is 1. The molecule has 4 rings (SSSR count). The molecule has 1 saturated carbocycles. The van der Waals surface area contributed by atoms with Crippen molar-refractivity contribution in [2.45, 2.75) is 38.0 Å². The molecule has 0 unspecified atom stereocenters. The van der Waals surface area contributed by atoms with Gasteiger partial charge in [-0.2, -0.15) is 9.78 Å². The SMILES string of the molecule is O=c1c(Cl)c(NCCc2ccccn2)cnn1-c1ccc(C2CCCC2)cc1. The minimum atomic E-state index is -0.321. The van der Waals surface area contributed by atoms with E-state index in [1.165, 1.54) is 35.9 Å². The molecule has 0 aliphatic heterocycles. The summed E-state index contributed by atoms with van der Waals surface area (Å²) in [6.45, 7) is 0.623. The highest BCUT2D eigenvalue weighted by atomic mass is 35.5. The van der Waals surface area contributed by atoms with Crippen molar-refractivity contribution >= 4 is 17.3 Å². The maximum absolute atomic E-state index is 12.7. The molecule has 2 aromatic heterocycles. The summed E-state index contributed by atoms with van der Waals surface area (Å²) in [5, 5.41) is 7.63. The van der Waals surface area contributed by atoms with Gasteiger partial charge in [0.05, 0.1) is 17.6 Å². The summed E-state index contributed by atoms with van der Waals surface area (Å²) < 4.78 is 1.35. The summed E-state index contributed by atoms with van der Waals surface area (Å²) in [4.78, 5) is 17.0. The predicted octanol–water partition coefficient (Wildman–Crippen LogP) is 4.59. The van der Waals surface area contributed by atoms with Crippen molar-refractivity contribution in [2.75, 3.05) is 11.9 Å². The zero-order chi connectivity index (χ0) is 19.3. The first-order valence-corrected chi connectivity index (χ1v) is 10.1. The van der Waals surface area contributed by atoms with Crippen molar-refractivity contribution in [1.82, 2.24) is 14.8 Å². The molecular weight excluding hydrogens is 372 g/mol. The minimum absolute atomic E-state index is 0.149. The Bertz CT molecular complexity index is 980. The number of nitrogens with one attached hydrogen (secondary N) is 1. The highest BCUT2D eigenvalue weighted by Crippen LogP contribution is 2.34. The number of benzene rings is 1. The first-order valence-electron chi connectivity index (χ1n) is 9.74. The van der Waals surface area contributed by atoms with Crippen LogP contribution in [0.15, 0.2) is 59.7 Å². The lowest BCUT2D eigenvalue weighted by Gasteiger charge is -2.12. The Morgan fingerprint density at radius 2 is 1.89 bits per heavy atom. The first kappa shape index (κ1) is 18.7. The fraction of sp³-hybridized carbons (Fsp3) is 0.318. The van der Waals surface area contributed by atoms with Crippen LogP contribution in [-0.2, 0) is 6.42 Å². The van der Waals surface area contributed by atoms with E-state index in [0.717, 1.165) is 17.8 Å². The normalized spacial score (nSPS) is 14.3. The van der Waals surface area contributed by atoms with Gasteiger partial charge in [0.15, 0.2) is 0 Å². The zero-order valence-corrected chi connectivity index (χ0v) is 16.4. The van der Waals surface area contributed by atoms with Crippen LogP contribution in [-0.4, -0.2) is 21.3 Å². The largest absolute Gasteiger partial charge is 0.382 e. The second-order valence-corrected chi connectivity index (χ2v) is 7.54. The highest BCUT2D eigenvalue weighted by Gasteiger charge is 2.17. The molecule has 1 fully saturated rings. The Balaban J connectivity index is 1.47. The van der Waals surface area contributed by atoms with Gasteiger partial charge in [-0.25, -0.2) is 0 Å². The summed E-state index contributed by atoms with van der Waals surface area (Å²) in [6.07, 6.45) is 9.22. The molecule has 1 aliphatic carbocycles. The lowest BCUT2D eigenvalue weighted by molar-refractivity contribution is 0.721. The Labute approximate surface area is 169 Å². The number of nitrogens with zero attached hydrogens (tertiary/aromatic N) is 3. The van der Waals surface area contributed by atoms with Gasteiger partial charge < -0.3 is 5.32 Å². The first-order chi connectivity index (χ1) is 13.7. The van der Waals surface area contributed by atoms with Gasteiger partial charge in [-0.15, -0.1) is 0 Å². The molecule has 0 radical (unpaired) electrons. The second-order valence-electron chi connectivity index (χ2n) is 7.16. The summed E-state index contributed by atoms with van der Waals surface area (Å²) in [7, 11) is 0. The van der Waals surface area contributed by atoms with Crippen LogP contribution in [0.4, 0.5) is 5.69 Å². The molecule has 28 heavy (non-hydrogen) atoms. The summed E-state index contributed by atoms with van der Waals surface area (Å²) in [5.41, 5.74) is 3.27. The lowest BCUT2D eigenvalue weighted by atomic mass is 9.98. The lowest BCUT2D eigenvalue weighted by Crippen LogP contribution is -2.23. The number of rotatable bonds is 6. The third-order valence-corrected chi connectivity index (χ3v) is 5.67. The van der Waals surface area contributed by atoms with E-state index < -0.39 is 0 Å². The van der Waals surface area contributed by atoms with Crippen molar-refractivity contribution in [2.24, 2.45) is 0 Å². The molecule has 5 nitrogen and oxygen atoms in total. The van der Waals surface area contributed by atoms with Crippen LogP contribution >= 0.6 is 11.6 Å². The second kappa shape index (κ2) is 8.57. The molecule has 0 spiro atoms. The van der Waals surface area contributed by atoms with E-state index in [1.807, 2.05) is 30.3 Å². The third-order valence-electron chi connectivity index (χ3n) is 5.31. The fourth-order valence-electron chi connectivity index (χ4n) is 3.76. The molecule has 0 atom stereocenters. The van der Waals surface area contributed by atoms with Crippen LogP contribution in [0.3, 0.4) is 0 Å². The number of hydrogen-bond donors (Lipinski definition) is 1. The van der Waals surface area contributed by atoms with Gasteiger partial charge in [-0.1, -0.05) is 42.6 Å². The van der Waals surface area contributed by atoms with E-state index in [1.54, 1.807) is 12.4 Å². The molecule has 1 aromatic carbocycles. The van der Waals surface area contributed by atoms with Gasteiger partial charge in [0.25, 0.3) is 5.56 Å². The van der Waals surface area contributed by atoms with E-state index in [4.69, 9.17) is 11.6 Å². The van der Waals surface area contributed by atoms with Gasteiger partial charge in [0.1, 0.15) is 5.02 Å². The molecule has 6 heteroatoms. The minimum Gasteiger partial charge on any atom is -0.382 e. The standard InChI is InChI=1S/C22H23ClN4O/c23-21-20(25-14-12-18-7-3-4-13-24-18)15-26-27(22(21)28)19-10-8-17(9-11-19)16-5-1-2-6-16/h3-4,7-11,13,15-16,25H,1-2,5-6,12,14H2. The van der Waals surface area contributed by atoms with E-state index in [9.17, 15) is 4.79 Å². The molecule has 2 heterocycles. The maximum atomic E-state index is 12.7. The van der Waals surface area contributed by atoms with Gasteiger partial charge in [-0.3, -0.25) is 9.78 Å². The molecular formula is C22H23ClN4O. The Kier molecular flexibility index (Phi) is 5.72. The van der Waals surface area contributed by atoms with E-state index in [0.29, 0.717) is 18.2 Å². The van der Waals surface area contributed by atoms with Crippen molar-refractivity contribution in [1.29, 1.82) is 0 Å². The van der Waals surface area contributed by atoms with Crippen molar-refractivity contribution in [3.63, 3.8) is 0 Å². The number of halogens is 1. The molecule has 1 N–H and O–H groups in total. The quantitative estimate of drug-likeness (QED) is 0.664. The average Bonchev–Trinajstić information content (AvgIpc) is 3.27. The monoisotopic (exact) mass is 394 g/mol. The van der Waals surface area contributed by atoms with Gasteiger partial charge >= 0.3 is 0 Å². The average molecular weight is 395 g/mol. The molecule has 0 saturated heterocycles. The molecule has 0 bridgehead atoms. The smallest absolute Gasteiger partial charge is 0.292 e. The van der Waals surface area contributed by atoms with Crippen molar-refractivity contribution in [3.05, 3.63) is 81.5 Å². The number of aromatic nitrogens is 3. The van der Waals surface area contributed by atoms with Crippen LogP contribution in [0, 0.1) is 0 Å². The molecule has 144 valence electrons. The van der Waals surface area contributed by atoms with Crippen LogP contribution < -0.4 is 10.9 Å². The van der Waals surface area contributed by atoms with E-state index in [-0.39, 0.29) is 10.6 Å². The number of hydrogen-bond acceptors (Lipinski definition) is 4. The molecule has 1 aliphatic rings. The van der Waals surface area contributed by atoms with Crippen LogP contribution in [0.25, 0.3) is 5.69 Å². The van der Waals surface area contributed by atoms with Gasteiger partial charge in [0, 0.05) is 24.9 Å². The Hall–Kier alpha value is -2.66. The summed E-state index contributed by atoms with van der Waals surface area (Å²) >= 11 is 6.31. The van der Waals surface area contributed by atoms with Crippen molar-refractivity contribution < 1.29 is 0 Å². The molecule has 3 aromatic rings. The fourth-order valence-corrected chi connectivity index (χ4v) is 3.95. The zero-order valence-electron chi connectivity index (χ0n) is 15.6. The van der Waals surface area contributed by atoms with Crippen molar-refractivity contribution in [3.8, 4) is 5.69 Å². The summed E-state index contributed by atoms with van der Waals surface area (Å²) in [6, 6.07) is 13.9. The predicted molar refractivity (Wildman–Crippen MR) is 112 cm³/mol. The van der Waals surface area contributed by atoms with E-state index in [2.05, 4.69) is 27.5 Å². The van der Waals surface area contributed by atoms with Crippen LogP contribution in [0.5, 0.6) is 0 Å². The topological polar surface area (TPSA) is 59.8 Å². The summed E-state index contributed by atoms with van der Waals surface area (Å²) in [5.74, 6) is 0.646. The Morgan fingerprint density at radius 1 is 1.11 bits per heavy atom. The number of anilines is 1. The van der Waals surface area contributed by atoms with Crippen LogP contribution in [0.1, 0.15) is 42.9 Å². The maximum Gasteiger partial charge on any atom is 0.292 e. The third kappa shape index (κ3) is 4.09. The molecule has 0 amide bonds. The van der Waals surface area contributed by atoms with Crippen LogP contribution in [0.2, 0.25) is 5.02 Å². The van der Waals surface area contributed by atoms with E-state index >= 15 is 0 Å². The van der Waals surface area contributed by atoms with Gasteiger partial charge in [0.2, 0.25) is 0 Å². The Morgan fingerprint density at radius 3 is 2.61 bits per heavy atom.